The van der Waals surface area contributed by atoms with E-state index < -0.39 is 8.07 Å². The highest BCUT2D eigenvalue weighted by Gasteiger charge is 2.46. The molecule has 0 aliphatic heterocycles. The molecule has 5 aromatic carbocycles. The number of rotatable bonds is 7. The van der Waals surface area contributed by atoms with Crippen LogP contribution in [0.25, 0.3) is 0 Å². The van der Waals surface area contributed by atoms with E-state index in [9.17, 15) is 0 Å². The molecule has 0 radical (unpaired) electrons. The molecule has 0 aromatic heterocycles. The first-order chi connectivity index (χ1) is 16.4. The molecule has 0 aliphatic carbocycles. The highest BCUT2D eigenvalue weighted by Crippen LogP contribution is 2.31. The summed E-state index contributed by atoms with van der Waals surface area (Å²) >= 11 is 0. The van der Waals surface area contributed by atoms with Gasteiger partial charge in [0.25, 0.3) is 0 Å². The Labute approximate surface area is 198 Å². The van der Waals surface area contributed by atoms with Gasteiger partial charge in [-0.2, -0.15) is 0 Å². The summed E-state index contributed by atoms with van der Waals surface area (Å²) in [6.45, 7) is 0. The topological polar surface area (TPSA) is 0 Å². The summed E-state index contributed by atoms with van der Waals surface area (Å²) in [5, 5.41) is 4.35. The largest absolute Gasteiger partial charge is 0.155 e. The van der Waals surface area contributed by atoms with Crippen molar-refractivity contribution in [1.82, 2.24) is 0 Å². The molecule has 0 saturated carbocycles. The van der Waals surface area contributed by atoms with Crippen molar-refractivity contribution in [3.8, 4) is 0 Å². The Hall–Kier alpha value is -3.68. The molecule has 0 heterocycles. The van der Waals surface area contributed by atoms with E-state index in [1.807, 2.05) is 0 Å². The van der Waals surface area contributed by atoms with E-state index in [1.165, 1.54) is 26.7 Å². The second-order valence-corrected chi connectivity index (χ2v) is 12.6. The Morgan fingerprint density at radius 1 is 0.394 bits per heavy atom. The molecule has 0 spiro atoms. The van der Waals surface area contributed by atoms with Gasteiger partial charge >= 0.3 is 0 Å². The maximum atomic E-state index is 2.35. The van der Waals surface area contributed by atoms with Crippen LogP contribution < -0.4 is 15.6 Å². The smallest absolute Gasteiger partial charge is 0.0624 e. The molecule has 0 saturated heterocycles. The molecule has 33 heavy (non-hydrogen) atoms. The van der Waals surface area contributed by atoms with Crippen molar-refractivity contribution in [2.24, 2.45) is 0 Å². The third-order valence-corrected chi connectivity index (χ3v) is 12.0. The van der Waals surface area contributed by atoms with Crippen LogP contribution in [0.1, 0.15) is 16.7 Å². The number of hydrogen-bond donors (Lipinski definition) is 0. The van der Waals surface area contributed by atoms with Gasteiger partial charge in [0.05, 0.1) is 0 Å². The van der Waals surface area contributed by atoms with Gasteiger partial charge in [0.1, 0.15) is 0 Å². The zero-order valence-electron chi connectivity index (χ0n) is 18.7. The van der Waals surface area contributed by atoms with Gasteiger partial charge in [-0.1, -0.05) is 152 Å². The molecule has 0 N–H and O–H groups in total. The fraction of sp³-hybridized carbons (Fsp3) is 0.0625. The van der Waals surface area contributed by atoms with Crippen LogP contribution in [0, 0.1) is 0 Å². The summed E-state index contributed by atoms with van der Waals surface area (Å²) in [6, 6.07) is 55.9. The minimum absolute atomic E-state index is 0.341. The highest BCUT2D eigenvalue weighted by molar-refractivity contribution is 7.12. The maximum absolute atomic E-state index is 2.48. The van der Waals surface area contributed by atoms with E-state index in [-0.39, 0.29) is 0 Å². The summed E-state index contributed by atoms with van der Waals surface area (Å²) < 4.78 is 0. The van der Waals surface area contributed by atoms with Crippen LogP contribution in [0.15, 0.2) is 152 Å². The molecule has 0 bridgehead atoms. The molecule has 1 atom stereocenters. The van der Waals surface area contributed by atoms with Crippen LogP contribution in [-0.4, -0.2) is 8.07 Å². The summed E-state index contributed by atoms with van der Waals surface area (Å²) in [4.78, 5) is 0. The Balaban J connectivity index is 1.86. The van der Waals surface area contributed by atoms with Gasteiger partial charge in [-0.05, 0) is 38.6 Å². The van der Waals surface area contributed by atoms with Crippen molar-refractivity contribution >= 4 is 23.6 Å². The molecular formula is C32H28Si. The van der Waals surface area contributed by atoms with E-state index in [2.05, 4.69) is 152 Å². The second-order valence-electron chi connectivity index (χ2n) is 8.56. The first kappa shape index (κ1) is 21.2. The SMILES string of the molecule is c1ccc(C[C@@H](c2ccccc2)[Si](c2ccccc2)(c2ccccc2)c2ccccc2)cc1. The lowest BCUT2D eigenvalue weighted by atomic mass is 10.0. The summed E-state index contributed by atoms with van der Waals surface area (Å²) in [7, 11) is -2.48. The second kappa shape index (κ2) is 9.85. The van der Waals surface area contributed by atoms with Gasteiger partial charge in [0, 0.05) is 0 Å². The van der Waals surface area contributed by atoms with Gasteiger partial charge in [0.15, 0.2) is 8.07 Å². The van der Waals surface area contributed by atoms with Crippen molar-refractivity contribution < 1.29 is 0 Å². The Morgan fingerprint density at radius 2 is 0.727 bits per heavy atom. The molecule has 0 nitrogen and oxygen atoms in total. The molecule has 160 valence electrons. The third kappa shape index (κ3) is 4.20. The first-order valence-electron chi connectivity index (χ1n) is 11.6. The standard InChI is InChI=1S/C32H28Si/c1-6-16-27(17-7-1)26-32(28-18-8-2-9-19-28)33(29-20-10-3-11-21-29,30-22-12-4-13-23-30)31-24-14-5-15-25-31/h1-25,32H,26H2/t32-/m0/s1. The third-order valence-electron chi connectivity index (χ3n) is 6.69. The van der Waals surface area contributed by atoms with Crippen molar-refractivity contribution in [2.75, 3.05) is 0 Å². The molecule has 0 unspecified atom stereocenters. The zero-order chi connectivity index (χ0) is 22.3. The summed E-state index contributed by atoms with van der Waals surface area (Å²) in [6.07, 6.45) is 0.996. The van der Waals surface area contributed by atoms with Gasteiger partial charge < -0.3 is 0 Å². The van der Waals surface area contributed by atoms with Crippen LogP contribution in [0.3, 0.4) is 0 Å². The molecule has 0 amide bonds. The highest BCUT2D eigenvalue weighted by atomic mass is 28.3. The molecule has 5 aromatic rings. The number of benzene rings is 5. The summed E-state index contributed by atoms with van der Waals surface area (Å²) in [5.74, 6) is 0. The minimum atomic E-state index is -2.48. The summed E-state index contributed by atoms with van der Waals surface area (Å²) in [5.41, 5.74) is 3.13. The molecule has 5 rings (SSSR count). The van der Waals surface area contributed by atoms with Crippen LogP contribution in [-0.2, 0) is 6.42 Å². The van der Waals surface area contributed by atoms with E-state index >= 15 is 0 Å². The average Bonchev–Trinajstić information content (AvgIpc) is 2.91. The fourth-order valence-electron chi connectivity index (χ4n) is 5.26. The minimum Gasteiger partial charge on any atom is -0.0624 e. The molecule has 0 fully saturated rings. The lowest BCUT2D eigenvalue weighted by Crippen LogP contribution is -2.71. The maximum Gasteiger partial charge on any atom is 0.155 e. The Kier molecular flexibility index (Phi) is 6.32. The molecule has 1 heteroatoms. The Bertz CT molecular complexity index is 1150. The van der Waals surface area contributed by atoms with E-state index in [1.54, 1.807) is 0 Å². The normalized spacial score (nSPS) is 12.2. The van der Waals surface area contributed by atoms with E-state index in [0.717, 1.165) is 6.42 Å². The van der Waals surface area contributed by atoms with Gasteiger partial charge in [-0.25, -0.2) is 0 Å². The zero-order valence-corrected chi connectivity index (χ0v) is 19.7. The lowest BCUT2D eigenvalue weighted by molar-refractivity contribution is 0.892. The molecular weight excluding hydrogens is 412 g/mol. The average molecular weight is 441 g/mol. The first-order valence-corrected chi connectivity index (χ1v) is 13.7. The van der Waals surface area contributed by atoms with Crippen LogP contribution in [0.5, 0.6) is 0 Å². The van der Waals surface area contributed by atoms with Crippen LogP contribution in [0.4, 0.5) is 0 Å². The monoisotopic (exact) mass is 440 g/mol. The van der Waals surface area contributed by atoms with Crippen molar-refractivity contribution in [2.45, 2.75) is 12.0 Å². The van der Waals surface area contributed by atoms with Gasteiger partial charge in [-0.15, -0.1) is 0 Å². The predicted octanol–water partition coefficient (Wildman–Crippen LogP) is 5.72. The van der Waals surface area contributed by atoms with Gasteiger partial charge in [-0.3, -0.25) is 0 Å². The van der Waals surface area contributed by atoms with Gasteiger partial charge in [0.2, 0.25) is 0 Å². The quantitative estimate of drug-likeness (QED) is 0.224. The predicted molar refractivity (Wildman–Crippen MR) is 143 cm³/mol. The van der Waals surface area contributed by atoms with Crippen molar-refractivity contribution in [3.05, 3.63) is 163 Å². The van der Waals surface area contributed by atoms with E-state index in [4.69, 9.17) is 0 Å². The number of hydrogen-bond acceptors (Lipinski definition) is 0. The van der Waals surface area contributed by atoms with Crippen LogP contribution in [0.2, 0.25) is 0 Å². The lowest BCUT2D eigenvalue weighted by Gasteiger charge is -2.41. The van der Waals surface area contributed by atoms with Crippen molar-refractivity contribution in [1.29, 1.82) is 0 Å². The Morgan fingerprint density at radius 3 is 1.12 bits per heavy atom. The fourth-order valence-corrected chi connectivity index (χ4v) is 10.9. The van der Waals surface area contributed by atoms with Crippen molar-refractivity contribution in [3.63, 3.8) is 0 Å². The van der Waals surface area contributed by atoms with E-state index in [0.29, 0.717) is 5.54 Å². The van der Waals surface area contributed by atoms with Crippen LogP contribution >= 0.6 is 0 Å². The molecule has 0 aliphatic rings.